The monoisotopic (exact) mass is 727 g/mol. The van der Waals surface area contributed by atoms with Crippen molar-refractivity contribution in [2.75, 3.05) is 32.7 Å². The molecule has 13 nitrogen and oxygen atoms in total. The fourth-order valence-electron chi connectivity index (χ4n) is 6.06. The van der Waals surface area contributed by atoms with Gasteiger partial charge in [-0.3, -0.25) is 19.4 Å². The Morgan fingerprint density at radius 3 is 2.25 bits per heavy atom. The molecule has 8 N–H and O–H groups in total. The number of hydrogen-bond acceptors (Lipinski definition) is 7. The van der Waals surface area contributed by atoms with Gasteiger partial charge in [-0.15, -0.1) is 0 Å². The second-order valence-corrected chi connectivity index (χ2v) is 12.5. The third-order valence-corrected chi connectivity index (χ3v) is 8.70. The molecule has 5 rings (SSSR count). The number of hydrogen-bond donors (Lipinski definition) is 6. The first-order valence-corrected chi connectivity index (χ1v) is 16.9. The largest absolute Gasteiger partial charge is 0.490 e. The molecular formula is C36H44F3N7O6. The summed E-state index contributed by atoms with van der Waals surface area (Å²) in [6.45, 7) is 2.54. The van der Waals surface area contributed by atoms with E-state index >= 15 is 0 Å². The number of guanidine groups is 1. The molecule has 3 atom stereocenters. The van der Waals surface area contributed by atoms with Gasteiger partial charge in [-0.2, -0.15) is 13.2 Å². The number of carbonyl (C=O) groups excluding carboxylic acids is 3. The zero-order valence-electron chi connectivity index (χ0n) is 28.5. The fourth-order valence-corrected chi connectivity index (χ4v) is 6.06. The number of carboxylic acids is 1. The van der Waals surface area contributed by atoms with Crippen LogP contribution in [-0.2, 0) is 36.9 Å². The molecule has 0 aromatic heterocycles. The van der Waals surface area contributed by atoms with Crippen molar-refractivity contribution in [3.05, 3.63) is 83.9 Å². The maximum absolute atomic E-state index is 14.3. The Balaban J connectivity index is 0.000000785. The minimum Gasteiger partial charge on any atom is -0.475 e. The minimum atomic E-state index is -5.08. The lowest BCUT2D eigenvalue weighted by Crippen LogP contribution is -2.55. The van der Waals surface area contributed by atoms with E-state index in [1.165, 1.54) is 0 Å². The van der Waals surface area contributed by atoms with Gasteiger partial charge < -0.3 is 42.2 Å². The molecule has 0 unspecified atom stereocenters. The number of aliphatic carboxylic acids is 1. The van der Waals surface area contributed by atoms with Gasteiger partial charge in [0.2, 0.25) is 17.7 Å². The Labute approximate surface area is 298 Å². The number of aliphatic imine (C=N–C) groups is 1. The van der Waals surface area contributed by atoms with Crippen LogP contribution in [0.4, 0.5) is 13.2 Å². The Hall–Kier alpha value is -5.22. The lowest BCUT2D eigenvalue weighted by atomic mass is 9.96. The summed E-state index contributed by atoms with van der Waals surface area (Å²) in [6.07, 6.45) is -3.38. The topological polar surface area (TPSA) is 201 Å². The highest BCUT2D eigenvalue weighted by atomic mass is 19.4. The molecule has 3 aromatic carbocycles. The molecule has 3 amide bonds. The summed E-state index contributed by atoms with van der Waals surface area (Å²) >= 11 is 0. The molecule has 0 radical (unpaired) electrons. The second kappa shape index (κ2) is 18.9. The number of ether oxygens (including phenoxy) is 1. The molecule has 0 saturated carbocycles. The lowest BCUT2D eigenvalue weighted by molar-refractivity contribution is -0.192. The van der Waals surface area contributed by atoms with Gasteiger partial charge in [0.15, 0.2) is 5.96 Å². The van der Waals surface area contributed by atoms with E-state index in [-0.39, 0.29) is 55.3 Å². The van der Waals surface area contributed by atoms with E-state index < -0.39 is 24.2 Å². The summed E-state index contributed by atoms with van der Waals surface area (Å²) in [4.78, 5) is 55.5. The van der Waals surface area contributed by atoms with Crippen molar-refractivity contribution in [1.29, 1.82) is 0 Å². The lowest BCUT2D eigenvalue weighted by Gasteiger charge is -2.30. The number of nitrogens with one attached hydrogen (secondary N) is 3. The molecular weight excluding hydrogens is 683 g/mol. The van der Waals surface area contributed by atoms with E-state index in [0.29, 0.717) is 32.3 Å². The molecule has 2 heterocycles. The fraction of sp³-hybridized carbons (Fsp3) is 0.417. The van der Waals surface area contributed by atoms with Crippen LogP contribution in [0, 0.1) is 5.92 Å². The standard InChI is InChI=1S/C34H43N7O4.C2HF3O2/c35-34(36)39-17-16-38-32(43)30-20-28(45-22-24-10-11-25-8-4-5-9-27(25)18-24)21-41(30)33(44)29(19-23-6-2-1-3-7-23)40-31(42)26-12-14-37-15-13-26;3-2(4,5)1(6)7/h1-11,18,26,28-30,37H,12-17,19-22H2,(H,38,43)(H,40,42)(H4,35,36,39);(H,6,7)/t28-,29-,30-;/m1./s1. The van der Waals surface area contributed by atoms with Crippen molar-refractivity contribution in [1.82, 2.24) is 20.9 Å². The van der Waals surface area contributed by atoms with Crippen LogP contribution in [0.1, 0.15) is 30.4 Å². The van der Waals surface area contributed by atoms with Crippen LogP contribution in [0.3, 0.4) is 0 Å². The van der Waals surface area contributed by atoms with Crippen molar-refractivity contribution in [3.63, 3.8) is 0 Å². The predicted molar refractivity (Wildman–Crippen MR) is 188 cm³/mol. The average Bonchev–Trinajstić information content (AvgIpc) is 3.57. The summed E-state index contributed by atoms with van der Waals surface area (Å²) in [7, 11) is 0. The average molecular weight is 728 g/mol. The molecule has 2 aliphatic rings. The number of carbonyl (C=O) groups is 4. The molecule has 2 saturated heterocycles. The number of rotatable bonds is 12. The number of alkyl halides is 3. The van der Waals surface area contributed by atoms with Gasteiger partial charge in [0.1, 0.15) is 12.1 Å². The number of halogens is 3. The van der Waals surface area contributed by atoms with Crippen molar-refractivity contribution in [2.45, 2.75) is 56.7 Å². The van der Waals surface area contributed by atoms with E-state index in [4.69, 9.17) is 26.1 Å². The molecule has 52 heavy (non-hydrogen) atoms. The smallest absolute Gasteiger partial charge is 0.475 e. The maximum atomic E-state index is 14.3. The number of amides is 3. The SMILES string of the molecule is NC(N)=NCCNC(=O)[C@H]1C[C@@H](OCc2ccc3ccccc3c2)CN1C(=O)[C@@H](Cc1ccccc1)NC(=O)C1CCNCC1.O=C(O)C(F)(F)F. The summed E-state index contributed by atoms with van der Waals surface area (Å²) in [5.41, 5.74) is 12.8. The van der Waals surface area contributed by atoms with Crippen LogP contribution in [0.15, 0.2) is 77.8 Å². The number of benzene rings is 3. The molecule has 0 bridgehead atoms. The van der Waals surface area contributed by atoms with Crippen molar-refractivity contribution < 1.29 is 42.2 Å². The molecule has 2 aliphatic heterocycles. The van der Waals surface area contributed by atoms with Crippen molar-refractivity contribution in [2.24, 2.45) is 22.4 Å². The number of piperidine rings is 1. The van der Waals surface area contributed by atoms with E-state index in [1.54, 1.807) is 4.90 Å². The highest BCUT2D eigenvalue weighted by Gasteiger charge is 2.43. The van der Waals surface area contributed by atoms with Gasteiger partial charge >= 0.3 is 12.1 Å². The molecule has 0 spiro atoms. The summed E-state index contributed by atoms with van der Waals surface area (Å²) < 4.78 is 38.0. The first-order valence-electron chi connectivity index (χ1n) is 16.9. The third-order valence-electron chi connectivity index (χ3n) is 8.70. The first kappa shape index (κ1) is 39.6. The van der Waals surface area contributed by atoms with Gasteiger partial charge in [0, 0.05) is 31.8 Å². The van der Waals surface area contributed by atoms with Crippen LogP contribution in [0.25, 0.3) is 10.8 Å². The van der Waals surface area contributed by atoms with E-state index in [0.717, 1.165) is 35.0 Å². The van der Waals surface area contributed by atoms with Gasteiger partial charge in [-0.25, -0.2) is 4.79 Å². The van der Waals surface area contributed by atoms with E-state index in [1.807, 2.05) is 48.5 Å². The minimum absolute atomic E-state index is 0.0580. The second-order valence-electron chi connectivity index (χ2n) is 12.5. The van der Waals surface area contributed by atoms with Crippen molar-refractivity contribution in [3.8, 4) is 0 Å². The van der Waals surface area contributed by atoms with Crippen LogP contribution in [-0.4, -0.2) is 96.7 Å². The third kappa shape index (κ3) is 11.9. The zero-order valence-corrected chi connectivity index (χ0v) is 28.5. The van der Waals surface area contributed by atoms with E-state index in [9.17, 15) is 27.6 Å². The van der Waals surface area contributed by atoms with Crippen LogP contribution in [0.5, 0.6) is 0 Å². The van der Waals surface area contributed by atoms with Gasteiger partial charge in [-0.05, 0) is 53.9 Å². The molecule has 16 heteroatoms. The van der Waals surface area contributed by atoms with Crippen LogP contribution in [0.2, 0.25) is 0 Å². The maximum Gasteiger partial charge on any atom is 0.490 e. The Bertz CT molecular complexity index is 1700. The van der Waals surface area contributed by atoms with Gasteiger partial charge in [0.25, 0.3) is 0 Å². The van der Waals surface area contributed by atoms with Gasteiger partial charge in [-0.1, -0.05) is 66.7 Å². The normalized spacial score (nSPS) is 18.1. The quantitative estimate of drug-likeness (QED) is 0.0918. The van der Waals surface area contributed by atoms with Crippen molar-refractivity contribution >= 4 is 40.4 Å². The Kier molecular flexibility index (Phi) is 14.3. The van der Waals surface area contributed by atoms with E-state index in [2.05, 4.69) is 45.2 Å². The number of nitrogens with two attached hydrogens (primary N) is 2. The van der Waals surface area contributed by atoms with Crippen LogP contribution < -0.4 is 27.4 Å². The summed E-state index contributed by atoms with van der Waals surface area (Å²) in [5, 5.41) is 18.6. The molecule has 280 valence electrons. The number of carboxylic acid groups (broad SMARTS) is 1. The zero-order chi connectivity index (χ0) is 37.7. The number of likely N-dealkylation sites (tertiary alicyclic amines) is 1. The number of fused-ring (bicyclic) bond motifs is 1. The Morgan fingerprint density at radius 2 is 1.60 bits per heavy atom. The summed E-state index contributed by atoms with van der Waals surface area (Å²) in [6, 6.07) is 22.3. The predicted octanol–water partition coefficient (Wildman–Crippen LogP) is 2.08. The molecule has 3 aromatic rings. The highest BCUT2D eigenvalue weighted by Crippen LogP contribution is 2.25. The first-order chi connectivity index (χ1) is 24.8. The van der Waals surface area contributed by atoms with Crippen LogP contribution >= 0.6 is 0 Å². The highest BCUT2D eigenvalue weighted by molar-refractivity contribution is 5.93. The molecule has 2 fully saturated rings. The Morgan fingerprint density at radius 1 is 0.942 bits per heavy atom. The molecule has 0 aliphatic carbocycles. The number of nitrogens with zero attached hydrogens (tertiary/aromatic N) is 2. The summed E-state index contributed by atoms with van der Waals surface area (Å²) in [5.74, 6) is -3.72. The van der Waals surface area contributed by atoms with Gasteiger partial charge in [0.05, 0.1) is 19.3 Å².